The van der Waals surface area contributed by atoms with Gasteiger partial charge in [-0.15, -0.1) is 0 Å². The highest BCUT2D eigenvalue weighted by Crippen LogP contribution is 2.43. The van der Waals surface area contributed by atoms with Gasteiger partial charge in [-0.2, -0.15) is 9.97 Å². The first-order valence-electron chi connectivity index (χ1n) is 17.2. The molecule has 0 amide bonds. The van der Waals surface area contributed by atoms with Gasteiger partial charge in [-0.1, -0.05) is 13.0 Å². The molecular weight excluding hydrogens is 601 g/mol. The summed E-state index contributed by atoms with van der Waals surface area (Å²) in [5.74, 6) is 1.29. The number of β-amino-alcohol motifs (C(OH)–C–C–N with tert-alkyl or cyclic N) is 1. The molecule has 3 fully saturated rings. The van der Waals surface area contributed by atoms with Gasteiger partial charge >= 0.3 is 6.01 Å². The minimum absolute atomic E-state index is 0.101. The van der Waals surface area contributed by atoms with Crippen molar-refractivity contribution in [2.75, 3.05) is 63.1 Å². The number of rotatable bonds is 10. The number of aromatic nitrogens is 2. The number of anilines is 2. The second kappa shape index (κ2) is 13.0. The van der Waals surface area contributed by atoms with Crippen molar-refractivity contribution < 1.29 is 28.8 Å². The fraction of sp³-hybridized carbons (Fsp3) is 0.611. The van der Waals surface area contributed by atoms with Crippen LogP contribution >= 0.6 is 0 Å². The van der Waals surface area contributed by atoms with E-state index >= 15 is 4.39 Å². The molecule has 10 nitrogen and oxygen atoms in total. The molecule has 4 aliphatic heterocycles. The second-order valence-electron chi connectivity index (χ2n) is 14.1. The van der Waals surface area contributed by atoms with E-state index in [0.29, 0.717) is 56.4 Å². The average Bonchev–Trinajstić information content (AvgIpc) is 3.64. The zero-order chi connectivity index (χ0) is 32.8. The van der Waals surface area contributed by atoms with Gasteiger partial charge in [0.05, 0.1) is 30.0 Å². The van der Waals surface area contributed by atoms with E-state index in [0.717, 1.165) is 85.1 Å². The Kier molecular flexibility index (Phi) is 8.93. The quantitative estimate of drug-likeness (QED) is 0.303. The molecular formula is C36H48FN5O5. The van der Waals surface area contributed by atoms with Gasteiger partial charge in [0.15, 0.2) is 6.79 Å². The van der Waals surface area contributed by atoms with Crippen LogP contribution < -0.4 is 19.3 Å². The van der Waals surface area contributed by atoms with Crippen LogP contribution in [0.2, 0.25) is 0 Å². The Bertz CT molecular complexity index is 1620. The zero-order valence-electron chi connectivity index (χ0n) is 27.9. The fourth-order valence-electron chi connectivity index (χ4n) is 8.60. The molecule has 1 aromatic heterocycles. The van der Waals surface area contributed by atoms with Gasteiger partial charge in [-0.05, 0) is 87.9 Å². The van der Waals surface area contributed by atoms with Crippen LogP contribution in [0, 0.1) is 5.82 Å². The van der Waals surface area contributed by atoms with Gasteiger partial charge in [0.2, 0.25) is 0 Å². The Labute approximate surface area is 276 Å². The minimum Gasteiger partial charge on any atom is -0.467 e. The first-order chi connectivity index (χ1) is 22.7. The van der Waals surface area contributed by atoms with Crippen molar-refractivity contribution in [1.29, 1.82) is 0 Å². The summed E-state index contributed by atoms with van der Waals surface area (Å²) in [5.41, 5.74) is 2.64. The zero-order valence-corrected chi connectivity index (χ0v) is 27.9. The molecule has 0 bridgehead atoms. The van der Waals surface area contributed by atoms with Crippen molar-refractivity contribution in [3.63, 3.8) is 0 Å². The van der Waals surface area contributed by atoms with Crippen LogP contribution in [0.1, 0.15) is 69.2 Å². The predicted molar refractivity (Wildman–Crippen MR) is 179 cm³/mol. The van der Waals surface area contributed by atoms with Crippen LogP contribution in [0.3, 0.4) is 0 Å². The lowest BCUT2D eigenvalue weighted by molar-refractivity contribution is 0.0444. The Morgan fingerprint density at radius 3 is 2.68 bits per heavy atom. The van der Waals surface area contributed by atoms with Crippen molar-refractivity contribution in [3.8, 4) is 11.8 Å². The third-order valence-electron chi connectivity index (χ3n) is 10.9. The van der Waals surface area contributed by atoms with Gasteiger partial charge < -0.3 is 34.2 Å². The topological polar surface area (TPSA) is 104 Å². The van der Waals surface area contributed by atoms with Gasteiger partial charge in [0.25, 0.3) is 0 Å². The van der Waals surface area contributed by atoms with Crippen molar-refractivity contribution in [2.24, 2.45) is 0 Å². The van der Waals surface area contributed by atoms with E-state index in [1.807, 2.05) is 32.0 Å². The second-order valence-corrected chi connectivity index (χ2v) is 14.1. The van der Waals surface area contributed by atoms with Crippen molar-refractivity contribution in [1.82, 2.24) is 14.9 Å². The Balaban J connectivity index is 1.26. The van der Waals surface area contributed by atoms with Gasteiger partial charge in [0.1, 0.15) is 24.0 Å². The minimum atomic E-state index is -0.799. The van der Waals surface area contributed by atoms with E-state index in [-0.39, 0.29) is 30.8 Å². The number of methoxy groups -OCH3 is 1. The molecule has 47 heavy (non-hydrogen) atoms. The Morgan fingerprint density at radius 1 is 1.04 bits per heavy atom. The third-order valence-corrected chi connectivity index (χ3v) is 10.9. The van der Waals surface area contributed by atoms with Gasteiger partial charge in [-0.3, -0.25) is 4.90 Å². The maximum Gasteiger partial charge on any atom is 0.318 e. The van der Waals surface area contributed by atoms with Crippen LogP contribution in [0.4, 0.5) is 15.9 Å². The number of halogens is 1. The molecule has 0 spiro atoms. The number of hydrogen-bond donors (Lipinski definition) is 2. The number of aliphatic hydroxyl groups is 2. The highest BCUT2D eigenvalue weighted by atomic mass is 19.1. The summed E-state index contributed by atoms with van der Waals surface area (Å²) < 4.78 is 32.8. The lowest BCUT2D eigenvalue weighted by Gasteiger charge is -2.40. The Hall–Kier alpha value is -3.25. The Morgan fingerprint density at radius 2 is 1.89 bits per heavy atom. The van der Waals surface area contributed by atoms with E-state index < -0.39 is 5.60 Å². The molecule has 4 aliphatic rings. The number of hydrogen-bond acceptors (Lipinski definition) is 10. The van der Waals surface area contributed by atoms with Crippen molar-refractivity contribution >= 4 is 22.3 Å². The molecule has 7 rings (SSSR count). The van der Waals surface area contributed by atoms with Gasteiger partial charge in [-0.25, -0.2) is 4.39 Å². The predicted octanol–water partition coefficient (Wildman–Crippen LogP) is 4.60. The van der Waals surface area contributed by atoms with Gasteiger partial charge in [0, 0.05) is 55.5 Å². The summed E-state index contributed by atoms with van der Waals surface area (Å²) in [5, 5.41) is 22.8. The van der Waals surface area contributed by atoms with E-state index in [2.05, 4.69) is 14.7 Å². The summed E-state index contributed by atoms with van der Waals surface area (Å²) in [4.78, 5) is 17.0. The largest absolute Gasteiger partial charge is 0.467 e. The van der Waals surface area contributed by atoms with Crippen molar-refractivity contribution in [3.05, 3.63) is 46.9 Å². The normalized spacial score (nSPS) is 26.1. The highest BCUT2D eigenvalue weighted by Gasteiger charge is 2.49. The molecule has 3 atom stereocenters. The molecule has 0 unspecified atom stereocenters. The van der Waals surface area contributed by atoms with E-state index in [1.165, 1.54) is 6.07 Å². The summed E-state index contributed by atoms with van der Waals surface area (Å²) in [6, 6.07) is 7.81. The SMILES string of the molecule is CCc1c(F)ccc2cc(OCOC)cc(N3CCc4c(nc(OC[C@]56CCCN5[C@H](CO)CC6)nc4N4CCC[C@@](C)(O)C4)C3)c12. The van der Waals surface area contributed by atoms with Crippen LogP contribution in [-0.2, 0) is 24.1 Å². The number of aliphatic hydroxyl groups excluding tert-OH is 1. The standard InChI is InChI=1S/C36H48FN5O5/c1-4-27-29(37)8-7-24-17-26(47-23-45-3)18-31(32(24)27)40-16-10-28-30(19-40)38-34(39-33(28)41-14-5-11-35(2,44)21-41)46-22-36-12-6-15-42(36)25(20-43)9-13-36/h7-8,17-18,25,43-44H,4-6,9-16,19-23H2,1-3H3/t25-,35+,36+/m0/s1. The number of ether oxygens (including phenoxy) is 3. The summed E-state index contributed by atoms with van der Waals surface area (Å²) in [6.45, 7) is 8.11. The monoisotopic (exact) mass is 649 g/mol. The lowest BCUT2D eigenvalue weighted by Crippen LogP contribution is -2.48. The molecule has 3 saturated heterocycles. The van der Waals surface area contributed by atoms with Crippen LogP contribution in [0.5, 0.6) is 11.8 Å². The van der Waals surface area contributed by atoms with Crippen LogP contribution in [-0.4, -0.2) is 95.6 Å². The first-order valence-corrected chi connectivity index (χ1v) is 17.2. The molecule has 5 heterocycles. The summed E-state index contributed by atoms with van der Waals surface area (Å²) in [7, 11) is 1.59. The van der Waals surface area contributed by atoms with E-state index in [1.54, 1.807) is 7.11 Å². The third kappa shape index (κ3) is 6.11. The van der Waals surface area contributed by atoms with Crippen LogP contribution in [0.25, 0.3) is 10.8 Å². The summed E-state index contributed by atoms with van der Waals surface area (Å²) >= 11 is 0. The molecule has 3 aromatic rings. The lowest BCUT2D eigenvalue weighted by atomic mass is 9.94. The number of benzene rings is 2. The van der Waals surface area contributed by atoms with E-state index in [9.17, 15) is 10.2 Å². The van der Waals surface area contributed by atoms with Crippen LogP contribution in [0.15, 0.2) is 24.3 Å². The van der Waals surface area contributed by atoms with E-state index in [4.69, 9.17) is 24.2 Å². The fourth-order valence-corrected chi connectivity index (χ4v) is 8.60. The number of piperidine rings is 1. The maximum atomic E-state index is 15.2. The number of fused-ring (bicyclic) bond motifs is 3. The number of aryl methyl sites for hydroxylation is 1. The summed E-state index contributed by atoms with van der Waals surface area (Å²) in [6.07, 6.45) is 6.97. The average molecular weight is 650 g/mol. The number of nitrogens with zero attached hydrogens (tertiary/aromatic N) is 5. The highest BCUT2D eigenvalue weighted by molar-refractivity contribution is 5.98. The molecule has 254 valence electrons. The van der Waals surface area contributed by atoms with Crippen molar-refractivity contribution in [2.45, 2.75) is 88.9 Å². The molecule has 11 heteroatoms. The molecule has 2 N–H and O–H groups in total. The molecule has 0 aliphatic carbocycles. The first kappa shape index (κ1) is 32.3. The maximum absolute atomic E-state index is 15.2. The molecule has 0 saturated carbocycles. The molecule has 0 radical (unpaired) electrons. The molecule has 2 aromatic carbocycles. The smallest absolute Gasteiger partial charge is 0.318 e.